The minimum absolute atomic E-state index is 0.573. The van der Waals surface area contributed by atoms with Gasteiger partial charge in [-0.3, -0.25) is 14.3 Å². The monoisotopic (exact) mass is 354 g/mol. The number of imidazole rings is 1. The molecule has 2 bridgehead atoms. The molecule has 3 aromatic rings. The summed E-state index contributed by atoms with van der Waals surface area (Å²) in [5, 5.41) is 2.12. The fourth-order valence-corrected chi connectivity index (χ4v) is 5.12. The van der Waals surface area contributed by atoms with Crippen LogP contribution >= 0.6 is 11.3 Å². The lowest BCUT2D eigenvalue weighted by Gasteiger charge is -2.35. The van der Waals surface area contributed by atoms with Crippen LogP contribution in [0.3, 0.4) is 0 Å². The van der Waals surface area contributed by atoms with Crippen molar-refractivity contribution in [2.75, 3.05) is 24.5 Å². The number of piperidine rings is 1. The van der Waals surface area contributed by atoms with E-state index in [0.717, 1.165) is 42.7 Å². The van der Waals surface area contributed by atoms with Gasteiger partial charge in [0.05, 0.1) is 17.6 Å². The van der Waals surface area contributed by atoms with E-state index in [4.69, 9.17) is 4.98 Å². The van der Waals surface area contributed by atoms with Gasteiger partial charge < -0.3 is 4.90 Å². The molecule has 0 spiro atoms. The zero-order valence-electron chi connectivity index (χ0n) is 14.4. The van der Waals surface area contributed by atoms with E-state index in [1.807, 2.05) is 6.20 Å². The van der Waals surface area contributed by atoms with E-state index >= 15 is 0 Å². The molecule has 0 radical (unpaired) electrons. The van der Waals surface area contributed by atoms with Crippen LogP contribution in [0.15, 0.2) is 30.2 Å². The van der Waals surface area contributed by atoms with Crippen LogP contribution in [0.2, 0.25) is 0 Å². The maximum atomic E-state index is 4.71. The second kappa shape index (κ2) is 6.07. The zero-order valence-corrected chi connectivity index (χ0v) is 15.2. The molecule has 6 rings (SSSR count). The molecule has 0 unspecified atom stereocenters. The lowest BCUT2D eigenvalue weighted by Crippen LogP contribution is -2.43. The highest BCUT2D eigenvalue weighted by Crippen LogP contribution is 2.31. The van der Waals surface area contributed by atoms with Gasteiger partial charge in [0.25, 0.3) is 0 Å². The molecule has 0 N–H and O–H groups in total. The van der Waals surface area contributed by atoms with Crippen molar-refractivity contribution in [2.24, 2.45) is 5.92 Å². The predicted octanol–water partition coefficient (Wildman–Crippen LogP) is 2.60. The van der Waals surface area contributed by atoms with Crippen LogP contribution in [-0.2, 0) is 6.54 Å². The van der Waals surface area contributed by atoms with E-state index < -0.39 is 0 Å². The lowest BCUT2D eigenvalue weighted by atomic mass is 9.95. The van der Waals surface area contributed by atoms with Gasteiger partial charge in [0.15, 0.2) is 4.96 Å². The number of anilines is 1. The maximum Gasteiger partial charge on any atom is 0.194 e. The lowest BCUT2D eigenvalue weighted by molar-refractivity contribution is 0.124. The molecule has 3 aromatic heterocycles. The molecule has 6 nitrogen and oxygen atoms in total. The second-order valence-corrected chi connectivity index (χ2v) is 8.07. The first-order valence-corrected chi connectivity index (χ1v) is 9.82. The Morgan fingerprint density at radius 3 is 3.04 bits per heavy atom. The van der Waals surface area contributed by atoms with Crippen LogP contribution in [0, 0.1) is 12.8 Å². The summed E-state index contributed by atoms with van der Waals surface area (Å²) in [6.45, 7) is 6.42. The fourth-order valence-electron chi connectivity index (χ4n) is 4.34. The molecule has 3 fully saturated rings. The second-order valence-electron chi connectivity index (χ2n) is 7.19. The Balaban J connectivity index is 1.41. The number of nitrogens with zero attached hydrogens (tertiary/aromatic N) is 6. The number of thiazole rings is 1. The van der Waals surface area contributed by atoms with Crippen molar-refractivity contribution in [1.82, 2.24) is 24.3 Å². The van der Waals surface area contributed by atoms with Crippen molar-refractivity contribution in [3.63, 3.8) is 0 Å². The molecule has 25 heavy (non-hydrogen) atoms. The first-order chi connectivity index (χ1) is 12.3. The van der Waals surface area contributed by atoms with Crippen molar-refractivity contribution in [1.29, 1.82) is 0 Å². The average Bonchev–Trinajstić information content (AvgIpc) is 3.05. The van der Waals surface area contributed by atoms with E-state index in [1.54, 1.807) is 23.7 Å². The third kappa shape index (κ3) is 2.71. The van der Waals surface area contributed by atoms with E-state index in [2.05, 4.69) is 42.7 Å². The SMILES string of the molecule is Cc1nc2sccn2c1CN1C[C@H]2CC[C@@H]1CN(c1cnccn1)C2. The third-order valence-corrected chi connectivity index (χ3v) is 6.37. The number of aromatic nitrogens is 4. The van der Waals surface area contributed by atoms with Crippen LogP contribution in [0.25, 0.3) is 4.96 Å². The van der Waals surface area contributed by atoms with Gasteiger partial charge in [0, 0.05) is 56.2 Å². The van der Waals surface area contributed by atoms with Gasteiger partial charge in [-0.1, -0.05) is 0 Å². The van der Waals surface area contributed by atoms with E-state index in [9.17, 15) is 0 Å². The third-order valence-electron chi connectivity index (χ3n) is 5.61. The minimum atomic E-state index is 0.573. The molecule has 3 aliphatic rings. The van der Waals surface area contributed by atoms with Crippen LogP contribution < -0.4 is 4.90 Å². The van der Waals surface area contributed by atoms with Crippen molar-refractivity contribution >= 4 is 22.1 Å². The topological polar surface area (TPSA) is 49.6 Å². The molecule has 0 aromatic carbocycles. The Bertz CT molecular complexity index is 872. The summed E-state index contributed by atoms with van der Waals surface area (Å²) in [4.78, 5) is 19.7. The summed E-state index contributed by atoms with van der Waals surface area (Å²) in [7, 11) is 0. The molecule has 2 atom stereocenters. The molecule has 130 valence electrons. The number of fused-ring (bicyclic) bond motifs is 5. The van der Waals surface area contributed by atoms with Gasteiger partial charge in [-0.15, -0.1) is 11.3 Å². The smallest absolute Gasteiger partial charge is 0.194 e. The number of aryl methyl sites for hydroxylation is 1. The van der Waals surface area contributed by atoms with Crippen molar-refractivity contribution < 1.29 is 0 Å². The fraction of sp³-hybridized carbons (Fsp3) is 0.500. The van der Waals surface area contributed by atoms with Crippen LogP contribution in [0.5, 0.6) is 0 Å². The molecular weight excluding hydrogens is 332 g/mol. The summed E-state index contributed by atoms with van der Waals surface area (Å²) in [6.07, 6.45) is 10.2. The van der Waals surface area contributed by atoms with Crippen molar-refractivity contribution in [3.05, 3.63) is 41.6 Å². The van der Waals surface area contributed by atoms with Gasteiger partial charge in [-0.05, 0) is 25.7 Å². The summed E-state index contributed by atoms with van der Waals surface area (Å²) in [6, 6.07) is 0.573. The summed E-state index contributed by atoms with van der Waals surface area (Å²) < 4.78 is 2.26. The maximum absolute atomic E-state index is 4.71. The van der Waals surface area contributed by atoms with Crippen LogP contribution in [0.1, 0.15) is 24.2 Å². The van der Waals surface area contributed by atoms with E-state index in [1.165, 1.54) is 18.5 Å². The standard InChI is InChI=1S/C18H22N6S/c1-13-16(24-6-7-25-18(24)21-13)12-22-9-14-2-3-15(22)11-23(10-14)17-8-19-4-5-20-17/h4-8,14-15H,2-3,9-12H2,1H3/t14-,15-/m1/s1. The Kier molecular flexibility index (Phi) is 3.71. The Morgan fingerprint density at radius 1 is 1.20 bits per heavy atom. The Morgan fingerprint density at radius 2 is 2.16 bits per heavy atom. The normalized spacial score (nSPS) is 24.1. The van der Waals surface area contributed by atoms with Crippen LogP contribution in [0.4, 0.5) is 5.82 Å². The van der Waals surface area contributed by atoms with Crippen molar-refractivity contribution in [3.8, 4) is 0 Å². The summed E-state index contributed by atoms with van der Waals surface area (Å²) in [5.41, 5.74) is 2.51. The molecule has 3 aliphatic heterocycles. The first-order valence-electron chi connectivity index (χ1n) is 8.94. The van der Waals surface area contributed by atoms with Gasteiger partial charge >= 0.3 is 0 Å². The van der Waals surface area contributed by atoms with Gasteiger partial charge in [-0.25, -0.2) is 9.97 Å². The van der Waals surface area contributed by atoms with Crippen molar-refractivity contribution in [2.45, 2.75) is 32.4 Å². The first kappa shape index (κ1) is 15.3. The average molecular weight is 354 g/mol. The molecule has 0 saturated carbocycles. The highest BCUT2D eigenvalue weighted by molar-refractivity contribution is 7.15. The number of hydrogen-bond acceptors (Lipinski definition) is 6. The van der Waals surface area contributed by atoms with E-state index in [-0.39, 0.29) is 0 Å². The summed E-state index contributed by atoms with van der Waals surface area (Å²) >= 11 is 1.71. The number of rotatable bonds is 3. The minimum Gasteiger partial charge on any atom is -0.353 e. The number of hydrogen-bond donors (Lipinski definition) is 0. The quantitative estimate of drug-likeness (QED) is 0.724. The molecule has 0 amide bonds. The molecule has 6 heterocycles. The largest absolute Gasteiger partial charge is 0.353 e. The highest BCUT2D eigenvalue weighted by Gasteiger charge is 2.35. The molecule has 7 heteroatoms. The van der Waals surface area contributed by atoms with E-state index in [0.29, 0.717) is 12.0 Å². The van der Waals surface area contributed by atoms with Crippen LogP contribution in [-0.4, -0.2) is 49.9 Å². The highest BCUT2D eigenvalue weighted by atomic mass is 32.1. The molecular formula is C18H22N6S. The Labute approximate surface area is 151 Å². The van der Waals surface area contributed by atoms with Gasteiger partial charge in [-0.2, -0.15) is 0 Å². The molecule has 0 aliphatic carbocycles. The molecule has 3 saturated heterocycles. The Hall–Kier alpha value is -1.99. The van der Waals surface area contributed by atoms with Gasteiger partial charge in [0.2, 0.25) is 0 Å². The zero-order chi connectivity index (χ0) is 16.8. The van der Waals surface area contributed by atoms with Gasteiger partial charge in [0.1, 0.15) is 5.82 Å². The summed E-state index contributed by atoms with van der Waals surface area (Å²) in [5.74, 6) is 1.72. The predicted molar refractivity (Wildman–Crippen MR) is 99.0 cm³/mol.